The highest BCUT2D eigenvalue weighted by molar-refractivity contribution is 9.10. The maximum atomic E-state index is 11.8. The van der Waals surface area contributed by atoms with Crippen LogP contribution in [0.25, 0.3) is 12.2 Å². The smallest absolute Gasteiger partial charge is 0.395 e. The molecule has 32 heavy (non-hydrogen) atoms. The van der Waals surface area contributed by atoms with Gasteiger partial charge in [-0.2, -0.15) is 4.98 Å². The third-order valence-electron chi connectivity index (χ3n) is 4.15. The Hall–Kier alpha value is -3.08. The Morgan fingerprint density at radius 1 is 1.28 bits per heavy atom. The topological polar surface area (TPSA) is 128 Å². The second kappa shape index (κ2) is 10.0. The fourth-order valence-corrected chi connectivity index (χ4v) is 3.69. The number of nitrogens with one attached hydrogen (secondary N) is 1. The van der Waals surface area contributed by atoms with Crippen molar-refractivity contribution in [3.05, 3.63) is 82.3 Å². The van der Waals surface area contributed by atoms with Crippen molar-refractivity contribution < 1.29 is 19.5 Å². The van der Waals surface area contributed by atoms with Crippen LogP contribution >= 0.6 is 39.1 Å². The molecule has 3 rings (SSSR count). The summed E-state index contributed by atoms with van der Waals surface area (Å²) in [4.78, 5) is 27.4. The van der Waals surface area contributed by atoms with Crippen LogP contribution in [0, 0.1) is 10.1 Å². The number of ether oxygens (including phenoxy) is 2. The average molecular weight is 543 g/mol. The van der Waals surface area contributed by atoms with E-state index in [-0.39, 0.29) is 12.4 Å². The largest absolute Gasteiger partial charge is 0.493 e. The zero-order valence-electron chi connectivity index (χ0n) is 16.3. The van der Waals surface area contributed by atoms with Gasteiger partial charge in [0.2, 0.25) is 0 Å². The molecular formula is C20H14BrCl2N3O6. The van der Waals surface area contributed by atoms with Crippen LogP contribution in [0.3, 0.4) is 0 Å². The van der Waals surface area contributed by atoms with Crippen molar-refractivity contribution in [3.63, 3.8) is 0 Å². The minimum Gasteiger partial charge on any atom is -0.493 e. The Bertz CT molecular complexity index is 1280. The zero-order chi connectivity index (χ0) is 23.4. The van der Waals surface area contributed by atoms with Crippen LogP contribution < -0.4 is 15.0 Å². The van der Waals surface area contributed by atoms with Gasteiger partial charge in [-0.1, -0.05) is 35.3 Å². The van der Waals surface area contributed by atoms with Crippen molar-refractivity contribution in [1.82, 2.24) is 9.97 Å². The van der Waals surface area contributed by atoms with E-state index < -0.39 is 22.0 Å². The number of rotatable bonds is 7. The van der Waals surface area contributed by atoms with Crippen LogP contribution in [0.1, 0.15) is 17.0 Å². The van der Waals surface area contributed by atoms with E-state index in [9.17, 15) is 20.0 Å². The summed E-state index contributed by atoms with van der Waals surface area (Å²) in [7, 11) is 1.48. The van der Waals surface area contributed by atoms with Gasteiger partial charge in [0.1, 0.15) is 12.4 Å². The normalized spacial score (nSPS) is 11.0. The summed E-state index contributed by atoms with van der Waals surface area (Å²) in [5.41, 5.74) is -0.715. The molecule has 0 saturated carbocycles. The lowest BCUT2D eigenvalue weighted by molar-refractivity contribution is -0.387. The molecule has 0 aliphatic rings. The lowest BCUT2D eigenvalue weighted by Gasteiger charge is -2.14. The molecule has 0 unspecified atom stereocenters. The van der Waals surface area contributed by atoms with Crippen LogP contribution in [0.5, 0.6) is 17.4 Å². The molecule has 0 atom stereocenters. The number of nitrogens with zero attached hydrogens (tertiary/aromatic N) is 2. The maximum Gasteiger partial charge on any atom is 0.395 e. The fourth-order valence-electron chi connectivity index (χ4n) is 2.66. The minimum absolute atomic E-state index is 0.0640. The molecule has 0 saturated heterocycles. The van der Waals surface area contributed by atoms with Gasteiger partial charge >= 0.3 is 11.2 Å². The monoisotopic (exact) mass is 541 g/mol. The first-order valence-electron chi connectivity index (χ1n) is 8.79. The maximum absolute atomic E-state index is 11.8. The van der Waals surface area contributed by atoms with Gasteiger partial charge in [0, 0.05) is 15.6 Å². The molecule has 12 heteroatoms. The van der Waals surface area contributed by atoms with Crippen LogP contribution in [-0.4, -0.2) is 27.1 Å². The Balaban J connectivity index is 1.84. The molecule has 0 fully saturated rings. The third kappa shape index (κ3) is 5.39. The summed E-state index contributed by atoms with van der Waals surface area (Å²) in [6, 6.07) is 8.48. The molecule has 0 radical (unpaired) electrons. The van der Waals surface area contributed by atoms with Crippen LogP contribution in [-0.2, 0) is 6.61 Å². The van der Waals surface area contributed by atoms with E-state index in [1.165, 1.54) is 13.2 Å². The summed E-state index contributed by atoms with van der Waals surface area (Å²) < 4.78 is 11.9. The Kier molecular flexibility index (Phi) is 7.39. The second-order valence-corrected chi connectivity index (χ2v) is 7.97. The Labute approximate surface area is 199 Å². The number of methoxy groups -OCH3 is 1. The highest BCUT2D eigenvalue weighted by Gasteiger charge is 2.21. The van der Waals surface area contributed by atoms with Gasteiger partial charge in [-0.3, -0.25) is 14.9 Å². The molecule has 2 N–H and O–H groups in total. The van der Waals surface area contributed by atoms with Crippen LogP contribution in [0.2, 0.25) is 10.0 Å². The first-order valence-corrected chi connectivity index (χ1v) is 10.3. The molecule has 0 aliphatic heterocycles. The number of H-pyrrole nitrogens is 1. The summed E-state index contributed by atoms with van der Waals surface area (Å²) in [5.74, 6) is -0.181. The average Bonchev–Trinajstić information content (AvgIpc) is 2.71. The van der Waals surface area contributed by atoms with Crippen molar-refractivity contribution in [2.75, 3.05) is 7.11 Å². The zero-order valence-corrected chi connectivity index (χ0v) is 19.4. The first-order chi connectivity index (χ1) is 15.2. The quantitative estimate of drug-likeness (QED) is 0.309. The number of aromatic hydroxyl groups is 1. The van der Waals surface area contributed by atoms with Gasteiger partial charge in [0.15, 0.2) is 11.5 Å². The highest BCUT2D eigenvalue weighted by atomic mass is 79.9. The number of nitro groups is 1. The molecule has 1 aromatic heterocycles. The van der Waals surface area contributed by atoms with Gasteiger partial charge in [0.25, 0.3) is 5.88 Å². The van der Waals surface area contributed by atoms with Crippen molar-refractivity contribution in [3.8, 4) is 17.4 Å². The van der Waals surface area contributed by atoms with E-state index >= 15 is 0 Å². The van der Waals surface area contributed by atoms with Crippen LogP contribution in [0.15, 0.2) is 39.6 Å². The number of hydrogen-bond acceptors (Lipinski definition) is 7. The molecule has 0 amide bonds. The molecule has 0 bridgehead atoms. The standard InChI is InChI=1S/C20H14BrCl2N3O6/c1-31-15-7-10(2-5-16-24-19(27)17(26(29)30)20(28)25-16)6-13(21)18(15)32-9-11-3-4-12(22)8-14(11)23/h2-8H,9H2,1H3,(H2,24,25,27,28)/b5-2-. The molecule has 2 aromatic carbocycles. The summed E-state index contributed by atoms with van der Waals surface area (Å²) >= 11 is 15.5. The predicted octanol–water partition coefficient (Wildman–Crippen LogP) is 5.21. The number of aromatic amines is 1. The van der Waals surface area contributed by atoms with E-state index in [2.05, 4.69) is 25.9 Å². The SMILES string of the molecule is COc1cc(/C=C\c2nc(O)c([N+](=O)[O-])c(=O)[nH]2)cc(Br)c1OCc1ccc(Cl)cc1Cl. The van der Waals surface area contributed by atoms with Gasteiger partial charge in [-0.15, -0.1) is 0 Å². The summed E-state index contributed by atoms with van der Waals surface area (Å²) in [5, 5.41) is 21.4. The van der Waals surface area contributed by atoms with Crippen LogP contribution in [0.4, 0.5) is 5.69 Å². The van der Waals surface area contributed by atoms with Crippen molar-refractivity contribution in [2.45, 2.75) is 6.61 Å². The molecular weight excluding hydrogens is 529 g/mol. The summed E-state index contributed by atoms with van der Waals surface area (Å²) in [6.07, 6.45) is 2.94. The van der Waals surface area contributed by atoms with E-state index in [1.807, 2.05) is 0 Å². The Morgan fingerprint density at radius 2 is 2.03 bits per heavy atom. The molecule has 0 spiro atoms. The second-order valence-electron chi connectivity index (χ2n) is 6.27. The van der Waals surface area contributed by atoms with Gasteiger partial charge in [0.05, 0.1) is 16.5 Å². The highest BCUT2D eigenvalue weighted by Crippen LogP contribution is 2.38. The molecule has 166 valence electrons. The fraction of sp³-hybridized carbons (Fsp3) is 0.100. The van der Waals surface area contributed by atoms with E-state index in [0.29, 0.717) is 31.6 Å². The van der Waals surface area contributed by atoms with Gasteiger partial charge < -0.3 is 19.6 Å². The summed E-state index contributed by atoms with van der Waals surface area (Å²) in [6.45, 7) is 0.174. The van der Waals surface area contributed by atoms with Gasteiger partial charge in [-0.25, -0.2) is 0 Å². The first kappa shape index (κ1) is 23.6. The lowest BCUT2D eigenvalue weighted by Crippen LogP contribution is -2.14. The van der Waals surface area contributed by atoms with E-state index in [0.717, 1.165) is 5.56 Å². The number of hydrogen-bond donors (Lipinski definition) is 2. The lowest BCUT2D eigenvalue weighted by atomic mass is 10.2. The van der Waals surface area contributed by atoms with E-state index in [4.69, 9.17) is 32.7 Å². The number of aromatic nitrogens is 2. The van der Waals surface area contributed by atoms with Crippen molar-refractivity contribution in [2.24, 2.45) is 0 Å². The number of benzene rings is 2. The predicted molar refractivity (Wildman–Crippen MR) is 124 cm³/mol. The molecule has 1 heterocycles. The van der Waals surface area contributed by atoms with Crippen molar-refractivity contribution >= 4 is 57.0 Å². The number of halogens is 3. The van der Waals surface area contributed by atoms with E-state index in [1.54, 1.807) is 36.4 Å². The minimum atomic E-state index is -1.06. The van der Waals surface area contributed by atoms with Gasteiger partial charge in [-0.05, 0) is 51.8 Å². The molecule has 3 aromatic rings. The molecule has 0 aliphatic carbocycles. The third-order valence-corrected chi connectivity index (χ3v) is 5.33. The molecule has 9 nitrogen and oxygen atoms in total. The Morgan fingerprint density at radius 3 is 2.66 bits per heavy atom. The van der Waals surface area contributed by atoms with Crippen molar-refractivity contribution in [1.29, 1.82) is 0 Å².